The third kappa shape index (κ3) is 4.43. The van der Waals surface area contributed by atoms with Crippen LogP contribution in [0.1, 0.15) is 53.2 Å². The minimum Gasteiger partial charge on any atom is -0.451 e. The van der Waals surface area contributed by atoms with Crippen molar-refractivity contribution in [2.75, 3.05) is 19.6 Å². The van der Waals surface area contributed by atoms with E-state index in [1.165, 1.54) is 30.2 Å². The molecule has 4 rings (SSSR count). The minimum atomic E-state index is -0.345. The van der Waals surface area contributed by atoms with Crippen LogP contribution in [0.15, 0.2) is 51.0 Å². The maximum Gasteiger partial charge on any atom is 0.287 e. The molecular weight excluding hydrogens is 384 g/mol. The minimum absolute atomic E-state index is 0.0651. The van der Waals surface area contributed by atoms with Gasteiger partial charge in [0.2, 0.25) is 0 Å². The van der Waals surface area contributed by atoms with Gasteiger partial charge in [0.1, 0.15) is 5.58 Å². The molecule has 1 fully saturated rings. The number of amides is 1. The van der Waals surface area contributed by atoms with E-state index in [0.717, 1.165) is 25.1 Å². The summed E-state index contributed by atoms with van der Waals surface area (Å²) in [4.78, 5) is 29.0. The first kappa shape index (κ1) is 19.9. The molecule has 152 valence electrons. The van der Waals surface area contributed by atoms with Gasteiger partial charge in [-0.05, 0) is 61.5 Å². The van der Waals surface area contributed by atoms with Crippen LogP contribution < -0.4 is 10.7 Å². The summed E-state index contributed by atoms with van der Waals surface area (Å²) in [6, 6.07) is 11.2. The van der Waals surface area contributed by atoms with Gasteiger partial charge in [0.15, 0.2) is 11.2 Å². The summed E-state index contributed by atoms with van der Waals surface area (Å²) in [5.74, 6) is -0.280. The molecular formula is C23H26N2O3S. The molecule has 0 aliphatic carbocycles. The summed E-state index contributed by atoms with van der Waals surface area (Å²) in [5, 5.41) is 5.58. The molecule has 1 aliphatic rings. The van der Waals surface area contributed by atoms with E-state index in [-0.39, 0.29) is 23.1 Å². The number of thiophene rings is 1. The van der Waals surface area contributed by atoms with Crippen LogP contribution >= 0.6 is 11.3 Å². The predicted octanol–water partition coefficient (Wildman–Crippen LogP) is 4.37. The van der Waals surface area contributed by atoms with Gasteiger partial charge in [-0.3, -0.25) is 14.5 Å². The second-order valence-electron chi connectivity index (χ2n) is 7.50. The standard InChI is InChI=1S/C23H26N2O3S/c1-2-16-8-9-20-17(13-16)19(26)14-21(28-20)23(27)24-15-18(22-7-6-12-29-22)25-10-4-3-5-11-25/h6-9,12-14,18H,2-5,10-11,15H2,1H3,(H,24,27). The highest BCUT2D eigenvalue weighted by molar-refractivity contribution is 7.10. The molecule has 1 N–H and O–H groups in total. The van der Waals surface area contributed by atoms with Crippen LogP contribution in [0.4, 0.5) is 0 Å². The fourth-order valence-electron chi connectivity index (χ4n) is 3.93. The first-order valence-corrected chi connectivity index (χ1v) is 11.2. The topological polar surface area (TPSA) is 62.6 Å². The van der Waals surface area contributed by atoms with Crippen molar-refractivity contribution >= 4 is 28.2 Å². The highest BCUT2D eigenvalue weighted by atomic mass is 32.1. The Morgan fingerprint density at radius 3 is 2.76 bits per heavy atom. The van der Waals surface area contributed by atoms with Gasteiger partial charge in [0.05, 0.1) is 11.4 Å². The van der Waals surface area contributed by atoms with Gasteiger partial charge in [-0.25, -0.2) is 0 Å². The summed E-state index contributed by atoms with van der Waals surface area (Å²) < 4.78 is 5.75. The number of carbonyl (C=O) groups excluding carboxylic acids is 1. The second-order valence-corrected chi connectivity index (χ2v) is 8.48. The monoisotopic (exact) mass is 410 g/mol. The lowest BCUT2D eigenvalue weighted by molar-refractivity contribution is 0.0899. The van der Waals surface area contributed by atoms with Gasteiger partial charge in [0.25, 0.3) is 5.91 Å². The van der Waals surface area contributed by atoms with Crippen molar-refractivity contribution in [3.05, 3.63) is 68.2 Å². The maximum absolute atomic E-state index is 12.8. The number of carbonyl (C=O) groups is 1. The van der Waals surface area contributed by atoms with Crippen molar-refractivity contribution < 1.29 is 9.21 Å². The maximum atomic E-state index is 12.8. The number of hydrogen-bond donors (Lipinski definition) is 1. The van der Waals surface area contributed by atoms with E-state index in [2.05, 4.69) is 21.7 Å². The van der Waals surface area contributed by atoms with Crippen LogP contribution in [0.3, 0.4) is 0 Å². The third-order valence-electron chi connectivity index (χ3n) is 5.58. The average Bonchev–Trinajstić information content (AvgIpc) is 3.29. The Morgan fingerprint density at radius 1 is 1.21 bits per heavy atom. The number of rotatable bonds is 6. The van der Waals surface area contributed by atoms with Gasteiger partial charge in [-0.15, -0.1) is 11.3 Å². The van der Waals surface area contributed by atoms with Crippen molar-refractivity contribution in [3.63, 3.8) is 0 Å². The van der Waals surface area contributed by atoms with Gasteiger partial charge >= 0.3 is 0 Å². The molecule has 0 saturated carbocycles. The summed E-state index contributed by atoms with van der Waals surface area (Å²) in [6.07, 6.45) is 4.49. The van der Waals surface area contributed by atoms with E-state index in [1.807, 2.05) is 25.1 Å². The third-order valence-corrected chi connectivity index (χ3v) is 6.56. The fourth-order valence-corrected chi connectivity index (χ4v) is 4.79. The molecule has 1 atom stereocenters. The Bertz CT molecular complexity index is 1040. The molecule has 0 radical (unpaired) electrons. The van der Waals surface area contributed by atoms with Gasteiger partial charge in [-0.2, -0.15) is 0 Å². The molecule has 6 heteroatoms. The van der Waals surface area contributed by atoms with Crippen molar-refractivity contribution in [2.45, 2.75) is 38.6 Å². The smallest absolute Gasteiger partial charge is 0.287 e. The quantitative estimate of drug-likeness (QED) is 0.655. The summed E-state index contributed by atoms with van der Waals surface area (Å²) in [5.41, 5.74) is 1.34. The Morgan fingerprint density at radius 2 is 2.03 bits per heavy atom. The molecule has 1 aliphatic heterocycles. The van der Waals surface area contributed by atoms with Crippen LogP contribution in [-0.2, 0) is 6.42 Å². The first-order chi connectivity index (χ1) is 14.2. The summed E-state index contributed by atoms with van der Waals surface area (Å²) in [6.45, 7) is 4.62. The molecule has 3 aromatic rings. The van der Waals surface area contributed by atoms with Gasteiger partial charge in [0, 0.05) is 17.5 Å². The largest absolute Gasteiger partial charge is 0.451 e. The summed E-state index contributed by atoms with van der Waals surface area (Å²) >= 11 is 1.71. The molecule has 5 nitrogen and oxygen atoms in total. The normalized spacial score (nSPS) is 16.0. The first-order valence-electron chi connectivity index (χ1n) is 10.3. The fraction of sp³-hybridized carbons (Fsp3) is 0.391. The van der Waals surface area contributed by atoms with E-state index < -0.39 is 0 Å². The van der Waals surface area contributed by atoms with Crippen LogP contribution in [0.25, 0.3) is 11.0 Å². The van der Waals surface area contributed by atoms with Gasteiger partial charge in [-0.1, -0.05) is 25.5 Å². The van der Waals surface area contributed by atoms with E-state index in [4.69, 9.17) is 4.42 Å². The zero-order chi connectivity index (χ0) is 20.2. The number of fused-ring (bicyclic) bond motifs is 1. The summed E-state index contributed by atoms with van der Waals surface area (Å²) in [7, 11) is 0. The Balaban J connectivity index is 1.52. The van der Waals surface area contributed by atoms with Crippen LogP contribution in [-0.4, -0.2) is 30.4 Å². The van der Waals surface area contributed by atoms with Crippen molar-refractivity contribution in [1.82, 2.24) is 10.2 Å². The van der Waals surface area contributed by atoms with Crippen LogP contribution in [0.5, 0.6) is 0 Å². The zero-order valence-corrected chi connectivity index (χ0v) is 17.5. The van der Waals surface area contributed by atoms with Gasteiger partial charge < -0.3 is 9.73 Å². The lowest BCUT2D eigenvalue weighted by atomic mass is 10.1. The molecule has 1 saturated heterocycles. The van der Waals surface area contributed by atoms with E-state index in [1.54, 1.807) is 17.4 Å². The molecule has 0 bridgehead atoms. The van der Waals surface area contributed by atoms with E-state index in [9.17, 15) is 9.59 Å². The Labute approximate surface area is 174 Å². The number of aryl methyl sites for hydroxylation is 1. The van der Waals surface area contributed by atoms with Crippen LogP contribution in [0.2, 0.25) is 0 Å². The number of benzene rings is 1. The number of likely N-dealkylation sites (tertiary alicyclic amines) is 1. The molecule has 1 unspecified atom stereocenters. The highest BCUT2D eigenvalue weighted by Crippen LogP contribution is 2.27. The molecule has 0 spiro atoms. The SMILES string of the molecule is CCc1ccc2oc(C(=O)NCC(c3cccs3)N3CCCCC3)cc(=O)c2c1. The molecule has 29 heavy (non-hydrogen) atoms. The van der Waals surface area contributed by atoms with E-state index in [0.29, 0.717) is 17.5 Å². The second kappa shape index (κ2) is 8.93. The number of hydrogen-bond acceptors (Lipinski definition) is 5. The average molecular weight is 411 g/mol. The predicted molar refractivity (Wildman–Crippen MR) is 117 cm³/mol. The molecule has 3 heterocycles. The Kier molecular flexibility index (Phi) is 6.11. The van der Waals surface area contributed by atoms with Crippen molar-refractivity contribution in [1.29, 1.82) is 0 Å². The van der Waals surface area contributed by atoms with E-state index >= 15 is 0 Å². The Hall–Kier alpha value is -2.44. The highest BCUT2D eigenvalue weighted by Gasteiger charge is 2.24. The molecule has 1 aromatic carbocycles. The lowest BCUT2D eigenvalue weighted by Gasteiger charge is -2.34. The molecule has 2 aromatic heterocycles. The number of nitrogens with zero attached hydrogens (tertiary/aromatic N) is 1. The van der Waals surface area contributed by atoms with Crippen LogP contribution in [0, 0.1) is 0 Å². The molecule has 1 amide bonds. The van der Waals surface area contributed by atoms with Crippen molar-refractivity contribution in [3.8, 4) is 0 Å². The number of piperidine rings is 1. The number of nitrogens with one attached hydrogen (secondary N) is 1. The van der Waals surface area contributed by atoms with Crippen molar-refractivity contribution in [2.24, 2.45) is 0 Å². The lowest BCUT2D eigenvalue weighted by Crippen LogP contribution is -2.40. The zero-order valence-electron chi connectivity index (χ0n) is 16.6.